The molecule has 0 bridgehead atoms. The molecule has 1 fully saturated rings. The van der Waals surface area contributed by atoms with Gasteiger partial charge in [0.1, 0.15) is 24.5 Å². The highest BCUT2D eigenvalue weighted by molar-refractivity contribution is 5.99. The van der Waals surface area contributed by atoms with Crippen LogP contribution in [0, 0.1) is 5.82 Å². The predicted octanol–water partition coefficient (Wildman–Crippen LogP) is 2.91. The van der Waals surface area contributed by atoms with Gasteiger partial charge in [-0.1, -0.05) is 38.1 Å². The van der Waals surface area contributed by atoms with Gasteiger partial charge < -0.3 is 19.0 Å². The molecular formula is C27H30FN2O4+. The number of ether oxygens (including phenoxy) is 1. The number of morpholine rings is 1. The summed E-state index contributed by atoms with van der Waals surface area (Å²) in [6, 6.07) is 11.3. The average Bonchev–Trinajstić information content (AvgIpc) is 3.12. The Morgan fingerprint density at radius 2 is 1.82 bits per heavy atom. The molecule has 1 unspecified atom stereocenters. The fourth-order valence-corrected chi connectivity index (χ4v) is 5.04. The van der Waals surface area contributed by atoms with Gasteiger partial charge in [-0.3, -0.25) is 9.59 Å². The van der Waals surface area contributed by atoms with Crippen molar-refractivity contribution in [2.24, 2.45) is 0 Å². The minimum Gasteiger partial charge on any atom is -0.450 e. The topological polar surface area (TPSA) is 64.2 Å². The summed E-state index contributed by atoms with van der Waals surface area (Å²) in [7, 11) is 0. The molecule has 0 radical (unpaired) electrons. The molecule has 3 aromatic rings. The molecule has 6 nitrogen and oxygen atoms in total. The van der Waals surface area contributed by atoms with Crippen LogP contribution in [0.3, 0.4) is 0 Å². The van der Waals surface area contributed by atoms with E-state index in [4.69, 9.17) is 9.15 Å². The number of amides is 1. The first-order valence-electron chi connectivity index (χ1n) is 12.0. The van der Waals surface area contributed by atoms with Crippen molar-refractivity contribution in [2.75, 3.05) is 39.4 Å². The number of nitrogens with zero attached hydrogens (tertiary/aromatic N) is 1. The third kappa shape index (κ3) is 4.14. The minimum atomic E-state index is -0.549. The lowest BCUT2D eigenvalue weighted by molar-refractivity contribution is -0.908. The molecule has 1 atom stereocenters. The number of hydrogen-bond donors (Lipinski definition) is 1. The zero-order chi connectivity index (χ0) is 23.8. The molecule has 0 spiro atoms. The largest absolute Gasteiger partial charge is 0.450 e. The number of carbonyl (C=O) groups is 1. The Morgan fingerprint density at radius 1 is 1.09 bits per heavy atom. The van der Waals surface area contributed by atoms with Crippen molar-refractivity contribution in [3.63, 3.8) is 0 Å². The van der Waals surface area contributed by atoms with Gasteiger partial charge in [-0.15, -0.1) is 0 Å². The molecule has 5 rings (SSSR count). The molecule has 0 aliphatic carbocycles. The van der Waals surface area contributed by atoms with Crippen molar-refractivity contribution in [3.05, 3.63) is 81.0 Å². The summed E-state index contributed by atoms with van der Waals surface area (Å²) in [6.45, 7) is 9.13. The molecule has 1 N–H and O–H groups in total. The first kappa shape index (κ1) is 22.7. The molecule has 2 aromatic carbocycles. The van der Waals surface area contributed by atoms with E-state index in [1.165, 1.54) is 28.7 Å². The molecule has 1 amide bonds. The summed E-state index contributed by atoms with van der Waals surface area (Å²) in [6.07, 6.45) is 0.804. The molecular weight excluding hydrogens is 435 g/mol. The highest BCUT2D eigenvalue weighted by Crippen LogP contribution is 2.38. The van der Waals surface area contributed by atoms with Crippen LogP contribution in [0.15, 0.2) is 51.7 Å². The highest BCUT2D eigenvalue weighted by Gasteiger charge is 2.42. The minimum absolute atomic E-state index is 0.0702. The van der Waals surface area contributed by atoms with E-state index in [0.29, 0.717) is 18.0 Å². The molecule has 1 saturated heterocycles. The molecule has 178 valence electrons. The van der Waals surface area contributed by atoms with Crippen LogP contribution in [0.5, 0.6) is 0 Å². The van der Waals surface area contributed by atoms with Crippen LogP contribution in [-0.2, 0) is 4.74 Å². The maximum absolute atomic E-state index is 13.9. The number of nitrogens with one attached hydrogen (secondary N) is 1. The van der Waals surface area contributed by atoms with E-state index in [2.05, 4.69) is 13.8 Å². The maximum atomic E-state index is 13.9. The van der Waals surface area contributed by atoms with Crippen LogP contribution < -0.4 is 10.3 Å². The lowest BCUT2D eigenvalue weighted by atomic mass is 9.95. The van der Waals surface area contributed by atoms with Crippen LogP contribution in [0.2, 0.25) is 0 Å². The second kappa shape index (κ2) is 9.31. The van der Waals surface area contributed by atoms with Crippen molar-refractivity contribution in [1.82, 2.24) is 4.90 Å². The Hall–Kier alpha value is -3.03. The van der Waals surface area contributed by atoms with Crippen LogP contribution >= 0.6 is 0 Å². The van der Waals surface area contributed by atoms with Crippen molar-refractivity contribution in [2.45, 2.75) is 32.2 Å². The number of hydrogen-bond acceptors (Lipinski definition) is 4. The van der Waals surface area contributed by atoms with Gasteiger partial charge in [-0.05, 0) is 35.2 Å². The van der Waals surface area contributed by atoms with Gasteiger partial charge in [0, 0.05) is 13.0 Å². The van der Waals surface area contributed by atoms with E-state index >= 15 is 0 Å². The monoisotopic (exact) mass is 465 g/mol. The van der Waals surface area contributed by atoms with E-state index in [0.717, 1.165) is 44.8 Å². The summed E-state index contributed by atoms with van der Waals surface area (Å²) in [5, 5.41) is 0.162. The van der Waals surface area contributed by atoms with Gasteiger partial charge >= 0.3 is 0 Å². The third-order valence-electron chi connectivity index (χ3n) is 6.98. The maximum Gasteiger partial charge on any atom is 0.290 e. The van der Waals surface area contributed by atoms with Crippen LogP contribution in [0.1, 0.15) is 59.5 Å². The van der Waals surface area contributed by atoms with Crippen LogP contribution in [-0.4, -0.2) is 50.2 Å². The lowest BCUT2D eigenvalue weighted by Gasteiger charge is -2.27. The summed E-state index contributed by atoms with van der Waals surface area (Å²) < 4.78 is 25.3. The van der Waals surface area contributed by atoms with Gasteiger partial charge in [-0.2, -0.15) is 0 Å². The Balaban J connectivity index is 1.53. The molecule has 0 saturated carbocycles. The molecule has 3 heterocycles. The fraction of sp³-hybridized carbons (Fsp3) is 0.407. The second-order valence-corrected chi connectivity index (χ2v) is 9.50. The molecule has 34 heavy (non-hydrogen) atoms. The first-order chi connectivity index (χ1) is 16.4. The van der Waals surface area contributed by atoms with Gasteiger partial charge in [-0.25, -0.2) is 4.39 Å². The van der Waals surface area contributed by atoms with Gasteiger partial charge in [0.25, 0.3) is 5.91 Å². The summed E-state index contributed by atoms with van der Waals surface area (Å²) in [5.41, 5.74) is 2.23. The number of benzene rings is 2. The normalized spacial score (nSPS) is 18.8. The summed E-state index contributed by atoms with van der Waals surface area (Å²) >= 11 is 0. The van der Waals surface area contributed by atoms with Crippen molar-refractivity contribution >= 4 is 16.9 Å². The van der Waals surface area contributed by atoms with Crippen LogP contribution in [0.25, 0.3) is 11.0 Å². The van der Waals surface area contributed by atoms with E-state index in [1.807, 2.05) is 24.3 Å². The molecule has 7 heteroatoms. The SMILES string of the molecule is CC(C)c1ccc(C2c3c(oc4ccc(F)cc4c3=O)C(=O)N2CCC[NH+]2CCOCC2)cc1. The second-order valence-electron chi connectivity index (χ2n) is 9.50. The number of carbonyl (C=O) groups excluding carboxylic acids is 1. The summed E-state index contributed by atoms with van der Waals surface area (Å²) in [4.78, 5) is 30.2. The summed E-state index contributed by atoms with van der Waals surface area (Å²) in [5.74, 6) is -0.350. The first-order valence-corrected chi connectivity index (χ1v) is 12.0. The fourth-order valence-electron chi connectivity index (χ4n) is 5.04. The standard InChI is InChI=1S/C27H29FN2O4/c1-17(2)18-4-6-19(7-5-18)24-23-25(31)21-16-20(28)8-9-22(21)34-26(23)27(32)30(24)11-3-10-29-12-14-33-15-13-29/h4-9,16-17,24H,3,10-15H2,1-2H3/p+1. The average molecular weight is 466 g/mol. The number of rotatable bonds is 6. The van der Waals surface area contributed by atoms with E-state index in [9.17, 15) is 14.0 Å². The molecule has 2 aliphatic rings. The Kier molecular flexibility index (Phi) is 6.23. The Labute approximate surface area is 197 Å². The molecule has 1 aromatic heterocycles. The number of quaternary nitrogens is 1. The Morgan fingerprint density at radius 3 is 2.53 bits per heavy atom. The van der Waals surface area contributed by atoms with E-state index < -0.39 is 11.9 Å². The number of fused-ring (bicyclic) bond motifs is 2. The number of halogens is 1. The highest BCUT2D eigenvalue weighted by atomic mass is 19.1. The van der Waals surface area contributed by atoms with Crippen molar-refractivity contribution in [1.29, 1.82) is 0 Å². The Bertz CT molecular complexity index is 1260. The van der Waals surface area contributed by atoms with E-state index in [1.54, 1.807) is 4.90 Å². The zero-order valence-electron chi connectivity index (χ0n) is 19.6. The van der Waals surface area contributed by atoms with Crippen molar-refractivity contribution in [3.8, 4) is 0 Å². The third-order valence-corrected chi connectivity index (χ3v) is 6.98. The van der Waals surface area contributed by atoms with Gasteiger partial charge in [0.2, 0.25) is 5.76 Å². The predicted molar refractivity (Wildman–Crippen MR) is 127 cm³/mol. The zero-order valence-corrected chi connectivity index (χ0v) is 19.6. The van der Waals surface area contributed by atoms with Gasteiger partial charge in [0.15, 0.2) is 5.43 Å². The smallest absolute Gasteiger partial charge is 0.290 e. The van der Waals surface area contributed by atoms with E-state index in [-0.39, 0.29) is 28.1 Å². The van der Waals surface area contributed by atoms with Gasteiger partial charge in [0.05, 0.1) is 36.8 Å². The molecule has 2 aliphatic heterocycles. The van der Waals surface area contributed by atoms with Crippen molar-refractivity contribution < 1.29 is 23.2 Å². The quantitative estimate of drug-likeness (QED) is 0.608. The lowest BCUT2D eigenvalue weighted by Crippen LogP contribution is -3.14. The van der Waals surface area contributed by atoms with Crippen LogP contribution in [0.4, 0.5) is 4.39 Å².